The topological polar surface area (TPSA) is 113 Å². The number of aliphatic hydroxyl groups is 1. The van der Waals surface area contributed by atoms with E-state index in [4.69, 9.17) is 26.1 Å². The number of ether oxygens (including phenoxy) is 2. The van der Waals surface area contributed by atoms with Gasteiger partial charge in [0.15, 0.2) is 5.82 Å². The Balaban J connectivity index is 1.29. The molecule has 0 spiro atoms. The molecule has 45 heavy (non-hydrogen) atoms. The summed E-state index contributed by atoms with van der Waals surface area (Å²) >= 11 is 6.81. The summed E-state index contributed by atoms with van der Waals surface area (Å²) in [5, 5.41) is 19.7. The van der Waals surface area contributed by atoms with Crippen LogP contribution >= 0.6 is 11.6 Å². The van der Waals surface area contributed by atoms with E-state index in [0.717, 1.165) is 37.8 Å². The van der Waals surface area contributed by atoms with Gasteiger partial charge in [0.2, 0.25) is 0 Å². The Morgan fingerprint density at radius 1 is 1.16 bits per heavy atom. The van der Waals surface area contributed by atoms with Crippen LogP contribution in [0.2, 0.25) is 5.02 Å². The van der Waals surface area contributed by atoms with E-state index >= 15 is 4.39 Å². The minimum atomic E-state index is -0.902. The fraction of sp³-hybridized carbons (Fsp3) is 0.562. The number of hydrogen-bond donors (Lipinski definition) is 2. The van der Waals surface area contributed by atoms with Crippen LogP contribution in [0.25, 0.3) is 33.1 Å². The number of pyridine rings is 1. The van der Waals surface area contributed by atoms with Gasteiger partial charge in [0.1, 0.15) is 29.8 Å². The van der Waals surface area contributed by atoms with Crippen LogP contribution < -0.4 is 9.64 Å². The molecule has 10 nitrogen and oxygen atoms in total. The van der Waals surface area contributed by atoms with E-state index in [0.29, 0.717) is 84.8 Å². The molecule has 3 aromatic heterocycles. The molecule has 0 radical (unpaired) electrons. The van der Waals surface area contributed by atoms with Crippen LogP contribution in [0.5, 0.6) is 6.01 Å². The van der Waals surface area contributed by atoms with Gasteiger partial charge in [-0.15, -0.1) is 0 Å². The van der Waals surface area contributed by atoms with E-state index in [1.807, 2.05) is 11.0 Å². The Hall–Kier alpha value is -3.19. The van der Waals surface area contributed by atoms with Gasteiger partial charge in [-0.1, -0.05) is 11.6 Å². The lowest BCUT2D eigenvalue weighted by Crippen LogP contribution is -2.45. The van der Waals surface area contributed by atoms with E-state index in [9.17, 15) is 9.50 Å². The number of H-pyrrole nitrogens is 1. The molecule has 2 N–H and O–H groups in total. The molecule has 5 aliphatic rings. The molecule has 4 aromatic rings. The first-order valence-electron chi connectivity index (χ1n) is 15.9. The lowest BCUT2D eigenvalue weighted by molar-refractivity contribution is 0.0564. The van der Waals surface area contributed by atoms with Crippen LogP contribution in [0.3, 0.4) is 0 Å². The number of alkyl halides is 1. The second kappa shape index (κ2) is 11.6. The average Bonchev–Trinajstić information content (AvgIpc) is 3.71. The largest absolute Gasteiger partial charge is 0.461 e. The third-order valence-electron chi connectivity index (χ3n) is 10.0. The lowest BCUT2D eigenvalue weighted by Gasteiger charge is -2.37. The number of piperidine rings is 1. The molecule has 238 valence electrons. The summed E-state index contributed by atoms with van der Waals surface area (Å²) < 4.78 is 43.8. The van der Waals surface area contributed by atoms with Gasteiger partial charge in [0.25, 0.3) is 0 Å². The number of nitrogens with zero attached hydrogens (tertiary/aromatic N) is 6. The van der Waals surface area contributed by atoms with Gasteiger partial charge in [-0.3, -0.25) is 15.0 Å². The van der Waals surface area contributed by atoms with Crippen molar-refractivity contribution in [2.45, 2.75) is 62.8 Å². The molecule has 4 atom stereocenters. The highest BCUT2D eigenvalue weighted by Crippen LogP contribution is 2.42. The molecule has 13 heteroatoms. The van der Waals surface area contributed by atoms with Crippen LogP contribution in [0.1, 0.15) is 44.1 Å². The number of benzene rings is 1. The molecule has 9 rings (SSSR count). The number of rotatable bonds is 3. The predicted octanol–water partition coefficient (Wildman–Crippen LogP) is 4.86. The average molecular weight is 640 g/mol. The van der Waals surface area contributed by atoms with Crippen molar-refractivity contribution in [3.05, 3.63) is 34.9 Å². The Kier molecular flexibility index (Phi) is 7.51. The third-order valence-corrected chi connectivity index (χ3v) is 10.4. The second-order valence-corrected chi connectivity index (χ2v) is 13.5. The fourth-order valence-corrected chi connectivity index (χ4v) is 8.29. The van der Waals surface area contributed by atoms with Crippen molar-refractivity contribution in [1.82, 2.24) is 30.0 Å². The summed E-state index contributed by atoms with van der Waals surface area (Å²) in [6.45, 7) is 3.40. The van der Waals surface area contributed by atoms with Crippen LogP contribution in [0, 0.1) is 11.7 Å². The quantitative estimate of drug-likeness (QED) is 0.325. The van der Waals surface area contributed by atoms with Crippen molar-refractivity contribution in [1.29, 1.82) is 0 Å². The Labute approximate surface area is 264 Å². The Bertz CT molecular complexity index is 1760. The van der Waals surface area contributed by atoms with Crippen molar-refractivity contribution >= 4 is 39.2 Å². The van der Waals surface area contributed by atoms with Crippen molar-refractivity contribution < 1.29 is 23.4 Å². The fourth-order valence-electron chi connectivity index (χ4n) is 7.99. The summed E-state index contributed by atoms with van der Waals surface area (Å²) in [5.74, 6) is -0.107. The maximum atomic E-state index is 17.0. The molecule has 3 fully saturated rings. The zero-order valence-corrected chi connectivity index (χ0v) is 25.7. The number of aliphatic hydroxyl groups excluding tert-OH is 1. The molecular weight excluding hydrogens is 604 g/mol. The van der Waals surface area contributed by atoms with Crippen LogP contribution in [0.15, 0.2) is 18.5 Å². The van der Waals surface area contributed by atoms with E-state index in [1.54, 1.807) is 12.4 Å². The molecule has 0 saturated carbocycles. The van der Waals surface area contributed by atoms with E-state index < -0.39 is 23.6 Å². The van der Waals surface area contributed by atoms with Gasteiger partial charge in [-0.25, -0.2) is 8.78 Å². The molecular formula is C32H36ClF2N7O3. The molecule has 1 aromatic carbocycles. The van der Waals surface area contributed by atoms with Crippen LogP contribution in [-0.2, 0) is 11.2 Å². The molecule has 0 amide bonds. The first kappa shape index (κ1) is 29.2. The van der Waals surface area contributed by atoms with Gasteiger partial charge in [-0.2, -0.15) is 15.1 Å². The molecule has 8 heterocycles. The summed E-state index contributed by atoms with van der Waals surface area (Å²) in [4.78, 5) is 18.2. The minimum absolute atomic E-state index is 0.0193. The highest BCUT2D eigenvalue weighted by molar-refractivity contribution is 6.33. The zero-order chi connectivity index (χ0) is 30.7. The number of halogens is 3. The third kappa shape index (κ3) is 5.19. The minimum Gasteiger partial charge on any atom is -0.461 e. The normalized spacial score (nSPS) is 27.5. The number of fused-ring (bicyclic) bond motifs is 8. The smallest absolute Gasteiger partial charge is 0.319 e. The van der Waals surface area contributed by atoms with Crippen molar-refractivity contribution in [2.24, 2.45) is 5.92 Å². The highest BCUT2D eigenvalue weighted by Gasteiger charge is 2.49. The zero-order valence-electron chi connectivity index (χ0n) is 24.9. The molecule has 3 saturated heterocycles. The molecule has 0 unspecified atom stereocenters. The summed E-state index contributed by atoms with van der Waals surface area (Å²) in [7, 11) is 0. The van der Waals surface area contributed by atoms with Crippen molar-refractivity contribution in [3.63, 3.8) is 0 Å². The van der Waals surface area contributed by atoms with Gasteiger partial charge in [0, 0.05) is 60.7 Å². The number of nitrogens with one attached hydrogen (secondary N) is 1. The Morgan fingerprint density at radius 3 is 2.98 bits per heavy atom. The van der Waals surface area contributed by atoms with E-state index in [-0.39, 0.29) is 29.7 Å². The number of hydrogen-bond acceptors (Lipinski definition) is 9. The van der Waals surface area contributed by atoms with E-state index in [2.05, 4.69) is 25.1 Å². The Morgan fingerprint density at radius 2 is 2.07 bits per heavy atom. The molecule has 5 aliphatic heterocycles. The monoisotopic (exact) mass is 639 g/mol. The standard InChI is InChI=1S/C32H36ClF2N7O3/c33-24-9-25-22(12-37-40-25)26-21(24)4-1-2-7-44-16-18-8-20(43)15-41(13-18)30-23-11-36-29(26)27(35)28(23)38-31(39-30)45-17-32-5-3-6-42(32)14-19(34)10-32/h9,11-12,18-20,43H,1-8,10,13-17H2,(H,37,40)/t18-,19+,20-,32-/m0/s1. The SMILES string of the molecule is O[C@H]1C[C@@H]2COCCCCc3c(Cl)cc4[nH]ncc4c3-c3ncc4c(nc(OC[C@@]56CCCN5C[C@H](F)C6)nc4c3F)N(C1)C2. The van der Waals surface area contributed by atoms with Gasteiger partial charge >= 0.3 is 6.01 Å². The maximum Gasteiger partial charge on any atom is 0.319 e. The molecule has 0 aliphatic carbocycles. The number of aromatic nitrogens is 5. The summed E-state index contributed by atoms with van der Waals surface area (Å²) in [6.07, 6.45) is 6.75. The van der Waals surface area contributed by atoms with Crippen molar-refractivity contribution in [2.75, 3.05) is 50.9 Å². The predicted molar refractivity (Wildman–Crippen MR) is 166 cm³/mol. The number of anilines is 1. The van der Waals surface area contributed by atoms with Crippen LogP contribution in [-0.4, -0.2) is 99.0 Å². The van der Waals surface area contributed by atoms with Crippen molar-refractivity contribution in [3.8, 4) is 17.3 Å². The van der Waals surface area contributed by atoms with Gasteiger partial charge < -0.3 is 19.5 Å². The number of aromatic amines is 1. The first-order chi connectivity index (χ1) is 21.9. The summed E-state index contributed by atoms with van der Waals surface area (Å²) in [6, 6.07) is 1.84. The highest BCUT2D eigenvalue weighted by atomic mass is 35.5. The molecule has 6 bridgehead atoms. The summed E-state index contributed by atoms with van der Waals surface area (Å²) in [5.41, 5.74) is 1.83. The van der Waals surface area contributed by atoms with E-state index in [1.165, 1.54) is 0 Å². The second-order valence-electron chi connectivity index (χ2n) is 13.1. The van der Waals surface area contributed by atoms with Crippen LogP contribution in [0.4, 0.5) is 14.6 Å². The first-order valence-corrected chi connectivity index (χ1v) is 16.3. The lowest BCUT2D eigenvalue weighted by atomic mass is 9.94. The van der Waals surface area contributed by atoms with Gasteiger partial charge in [-0.05, 0) is 56.7 Å². The van der Waals surface area contributed by atoms with Gasteiger partial charge in [0.05, 0.1) is 35.3 Å². The maximum absolute atomic E-state index is 17.0.